The maximum Gasteiger partial charge on any atom is 0.274 e. The number of amides is 1. The number of benzene rings is 1. The largest absolute Gasteiger partial charge is 0.497 e. The maximum atomic E-state index is 13.5. The Balaban J connectivity index is 1.63. The van der Waals surface area contributed by atoms with Gasteiger partial charge in [0.15, 0.2) is 5.69 Å². The average molecular weight is 441 g/mol. The molecule has 2 aliphatic rings. The van der Waals surface area contributed by atoms with E-state index in [-0.39, 0.29) is 5.91 Å². The van der Waals surface area contributed by atoms with E-state index in [1.54, 1.807) is 12.0 Å². The minimum absolute atomic E-state index is 0.0462. The standard InChI is InChI=1S/C25H36N4O3/c1-18(2)9-12-27-13-10-23-22(17-27)24(25(31)28-11-5-7-20(30)16-28)26-29(23)15-19-6-4-8-21(14-19)32-3/h4,6,8,14,18,20,30H,5,7,9-13,15-17H2,1-3H3. The van der Waals surface area contributed by atoms with E-state index in [0.717, 1.165) is 67.9 Å². The summed E-state index contributed by atoms with van der Waals surface area (Å²) in [4.78, 5) is 17.7. The molecule has 7 heteroatoms. The molecule has 174 valence electrons. The lowest BCUT2D eigenvalue weighted by Crippen LogP contribution is -2.43. The van der Waals surface area contributed by atoms with Gasteiger partial charge in [-0.2, -0.15) is 5.10 Å². The molecule has 1 aromatic heterocycles. The number of nitrogens with zero attached hydrogens (tertiary/aromatic N) is 4. The normalized spacial score (nSPS) is 19.3. The third-order valence-electron chi connectivity index (χ3n) is 6.59. The van der Waals surface area contributed by atoms with Gasteiger partial charge in [-0.25, -0.2) is 0 Å². The Kier molecular flexibility index (Phi) is 7.16. The number of aliphatic hydroxyl groups is 1. The highest BCUT2D eigenvalue weighted by molar-refractivity contribution is 5.94. The quantitative estimate of drug-likeness (QED) is 0.717. The number of hydrogen-bond donors (Lipinski definition) is 1. The van der Waals surface area contributed by atoms with Crippen molar-refractivity contribution in [3.05, 3.63) is 46.8 Å². The van der Waals surface area contributed by atoms with Crippen LogP contribution >= 0.6 is 0 Å². The molecule has 2 aromatic rings. The number of hydrogen-bond acceptors (Lipinski definition) is 5. The molecule has 3 heterocycles. The van der Waals surface area contributed by atoms with Crippen LogP contribution in [0, 0.1) is 5.92 Å². The Morgan fingerprint density at radius 1 is 1.31 bits per heavy atom. The Morgan fingerprint density at radius 2 is 2.16 bits per heavy atom. The van der Waals surface area contributed by atoms with Gasteiger partial charge in [0.25, 0.3) is 5.91 Å². The van der Waals surface area contributed by atoms with E-state index in [1.807, 2.05) is 22.9 Å². The van der Waals surface area contributed by atoms with Gasteiger partial charge in [-0.1, -0.05) is 26.0 Å². The summed E-state index contributed by atoms with van der Waals surface area (Å²) >= 11 is 0. The average Bonchev–Trinajstić information content (AvgIpc) is 3.14. The minimum atomic E-state index is -0.440. The topological polar surface area (TPSA) is 70.8 Å². The highest BCUT2D eigenvalue weighted by atomic mass is 16.5. The first-order chi connectivity index (χ1) is 15.4. The molecule has 1 atom stereocenters. The van der Waals surface area contributed by atoms with Crippen LogP contribution in [0.3, 0.4) is 0 Å². The van der Waals surface area contributed by atoms with Crippen molar-refractivity contribution in [2.45, 2.75) is 58.7 Å². The summed E-state index contributed by atoms with van der Waals surface area (Å²) in [6.07, 6.45) is 3.19. The third kappa shape index (κ3) is 5.15. The van der Waals surface area contributed by atoms with E-state index < -0.39 is 6.10 Å². The maximum absolute atomic E-state index is 13.5. The van der Waals surface area contributed by atoms with Gasteiger partial charge in [-0.3, -0.25) is 14.4 Å². The fourth-order valence-corrected chi connectivity index (χ4v) is 4.71. The molecule has 0 aliphatic carbocycles. The highest BCUT2D eigenvalue weighted by Gasteiger charge is 2.32. The van der Waals surface area contributed by atoms with E-state index in [0.29, 0.717) is 31.2 Å². The van der Waals surface area contributed by atoms with Crippen molar-refractivity contribution in [3.63, 3.8) is 0 Å². The molecule has 2 aliphatic heterocycles. The molecule has 0 bridgehead atoms. The van der Waals surface area contributed by atoms with Gasteiger partial charge < -0.3 is 14.7 Å². The zero-order valence-corrected chi connectivity index (χ0v) is 19.6. The van der Waals surface area contributed by atoms with Gasteiger partial charge in [0, 0.05) is 43.9 Å². The lowest BCUT2D eigenvalue weighted by Gasteiger charge is -2.31. The van der Waals surface area contributed by atoms with E-state index in [9.17, 15) is 9.90 Å². The Hall–Kier alpha value is -2.38. The van der Waals surface area contributed by atoms with Gasteiger partial charge in [0.1, 0.15) is 5.75 Å². The lowest BCUT2D eigenvalue weighted by atomic mass is 10.0. The first-order valence-electron chi connectivity index (χ1n) is 11.9. The van der Waals surface area contributed by atoms with Crippen molar-refractivity contribution in [1.82, 2.24) is 19.6 Å². The zero-order valence-electron chi connectivity index (χ0n) is 19.6. The number of fused-ring (bicyclic) bond motifs is 1. The Morgan fingerprint density at radius 3 is 2.91 bits per heavy atom. The van der Waals surface area contributed by atoms with Crippen LogP contribution in [0.1, 0.15) is 60.4 Å². The van der Waals surface area contributed by atoms with E-state index in [2.05, 4.69) is 24.8 Å². The van der Waals surface area contributed by atoms with Crippen LogP contribution in [0.25, 0.3) is 0 Å². The monoisotopic (exact) mass is 440 g/mol. The molecule has 1 aromatic carbocycles. The fourth-order valence-electron chi connectivity index (χ4n) is 4.71. The number of aliphatic hydroxyl groups excluding tert-OH is 1. The Bertz CT molecular complexity index is 939. The molecule has 1 fully saturated rings. The molecule has 1 amide bonds. The Labute approximate surface area is 191 Å². The van der Waals surface area contributed by atoms with Crippen LogP contribution in [0.5, 0.6) is 5.75 Å². The van der Waals surface area contributed by atoms with E-state index in [1.165, 1.54) is 0 Å². The van der Waals surface area contributed by atoms with Crippen LogP contribution < -0.4 is 4.74 Å². The van der Waals surface area contributed by atoms with E-state index in [4.69, 9.17) is 9.84 Å². The summed E-state index contributed by atoms with van der Waals surface area (Å²) in [6, 6.07) is 8.01. The number of carbonyl (C=O) groups excluding carboxylic acids is 1. The van der Waals surface area contributed by atoms with Crippen LogP contribution in [-0.2, 0) is 19.5 Å². The number of ether oxygens (including phenoxy) is 1. The lowest BCUT2D eigenvalue weighted by molar-refractivity contribution is 0.0466. The molecule has 4 rings (SSSR count). The van der Waals surface area contributed by atoms with Crippen molar-refractivity contribution in [1.29, 1.82) is 0 Å². The van der Waals surface area contributed by atoms with Crippen molar-refractivity contribution >= 4 is 5.91 Å². The summed E-state index contributed by atoms with van der Waals surface area (Å²) < 4.78 is 7.39. The number of carbonyl (C=O) groups is 1. The third-order valence-corrected chi connectivity index (χ3v) is 6.59. The number of likely N-dealkylation sites (tertiary alicyclic amines) is 1. The van der Waals surface area contributed by atoms with Crippen molar-refractivity contribution in [2.75, 3.05) is 33.3 Å². The minimum Gasteiger partial charge on any atom is -0.497 e. The molecule has 0 saturated carbocycles. The fraction of sp³-hybridized carbons (Fsp3) is 0.600. The van der Waals surface area contributed by atoms with Gasteiger partial charge >= 0.3 is 0 Å². The smallest absolute Gasteiger partial charge is 0.274 e. The summed E-state index contributed by atoms with van der Waals surface area (Å²) in [6.45, 7) is 8.97. The van der Waals surface area contributed by atoms with Gasteiger partial charge in [-0.15, -0.1) is 0 Å². The molecular formula is C25H36N4O3. The van der Waals surface area contributed by atoms with E-state index >= 15 is 0 Å². The van der Waals surface area contributed by atoms with Crippen LogP contribution in [-0.4, -0.2) is 70.0 Å². The highest BCUT2D eigenvalue weighted by Crippen LogP contribution is 2.26. The zero-order chi connectivity index (χ0) is 22.7. The summed E-state index contributed by atoms with van der Waals surface area (Å²) in [5.41, 5.74) is 3.89. The van der Waals surface area contributed by atoms with Crippen LogP contribution in [0.2, 0.25) is 0 Å². The number of β-amino-alcohol motifs (C(OH)–C–C–N with tert-alkyl or cyclic N) is 1. The van der Waals surface area contributed by atoms with Crippen LogP contribution in [0.15, 0.2) is 24.3 Å². The summed E-state index contributed by atoms with van der Waals surface area (Å²) in [5.74, 6) is 1.43. The van der Waals surface area contributed by atoms with Crippen molar-refractivity contribution in [3.8, 4) is 5.75 Å². The van der Waals surface area contributed by atoms with Gasteiger partial charge in [-0.05, 0) is 49.4 Å². The second-order valence-electron chi connectivity index (χ2n) is 9.54. The molecule has 7 nitrogen and oxygen atoms in total. The van der Waals surface area contributed by atoms with Crippen molar-refractivity contribution in [2.24, 2.45) is 5.92 Å². The number of rotatable bonds is 7. The predicted octanol–water partition coefficient (Wildman–Crippen LogP) is 2.94. The van der Waals surface area contributed by atoms with Gasteiger partial charge in [0.05, 0.1) is 19.8 Å². The number of aromatic nitrogens is 2. The molecule has 1 saturated heterocycles. The van der Waals surface area contributed by atoms with Crippen LogP contribution in [0.4, 0.5) is 0 Å². The molecule has 1 unspecified atom stereocenters. The molecule has 32 heavy (non-hydrogen) atoms. The second-order valence-corrected chi connectivity index (χ2v) is 9.54. The molecule has 0 spiro atoms. The molecule has 1 N–H and O–H groups in total. The summed E-state index contributed by atoms with van der Waals surface area (Å²) in [5, 5.41) is 14.9. The SMILES string of the molecule is COc1cccc(Cn2nc(C(=O)N3CCCC(O)C3)c3c2CCN(CCC(C)C)C3)c1. The van der Waals surface area contributed by atoms with Crippen molar-refractivity contribution < 1.29 is 14.6 Å². The molecular weight excluding hydrogens is 404 g/mol. The second kappa shape index (κ2) is 10.0. The molecule has 0 radical (unpaired) electrons. The van der Waals surface area contributed by atoms with Gasteiger partial charge in [0.2, 0.25) is 0 Å². The predicted molar refractivity (Wildman–Crippen MR) is 124 cm³/mol. The first-order valence-corrected chi connectivity index (χ1v) is 11.9. The number of piperidine rings is 1. The number of methoxy groups -OCH3 is 1. The first kappa shape index (κ1) is 22.8. The summed E-state index contributed by atoms with van der Waals surface area (Å²) in [7, 11) is 1.67.